The number of hydrogen-bond donors (Lipinski definition) is 2. The van der Waals surface area contributed by atoms with Crippen LogP contribution in [0.1, 0.15) is 31.7 Å². The fourth-order valence-corrected chi connectivity index (χ4v) is 4.07. The van der Waals surface area contributed by atoms with Crippen molar-refractivity contribution in [2.45, 2.75) is 31.7 Å². The molecule has 1 aliphatic carbocycles. The van der Waals surface area contributed by atoms with Crippen molar-refractivity contribution >= 4 is 27.8 Å². The minimum absolute atomic E-state index is 0.0205. The fourth-order valence-electron chi connectivity index (χ4n) is 4.07. The molecule has 1 saturated heterocycles. The number of aromatic amines is 2. The van der Waals surface area contributed by atoms with Crippen LogP contribution in [0.25, 0.3) is 21.9 Å². The highest BCUT2D eigenvalue weighted by molar-refractivity contribution is 6.02. The van der Waals surface area contributed by atoms with Gasteiger partial charge in [0.05, 0.1) is 23.0 Å². The van der Waals surface area contributed by atoms with E-state index in [1.165, 1.54) is 0 Å². The first-order valence-electron chi connectivity index (χ1n) is 8.90. The SMILES string of the molecule is N#CC1(C(=O)N2CCCC(n3[nH]c(=O)c4cnc5[nH]ccc5c43)C2)CC1. The lowest BCUT2D eigenvalue weighted by molar-refractivity contribution is -0.136. The molecule has 3 aromatic rings. The Balaban J connectivity index is 1.56. The maximum atomic E-state index is 12.7. The molecule has 0 radical (unpaired) electrons. The number of rotatable bonds is 2. The first-order valence-corrected chi connectivity index (χ1v) is 8.90. The van der Waals surface area contributed by atoms with Crippen molar-refractivity contribution in [3.8, 4) is 6.07 Å². The summed E-state index contributed by atoms with van der Waals surface area (Å²) >= 11 is 0. The van der Waals surface area contributed by atoms with Crippen molar-refractivity contribution in [2.24, 2.45) is 5.41 Å². The molecule has 2 fully saturated rings. The first-order chi connectivity index (χ1) is 12.6. The number of pyridine rings is 1. The van der Waals surface area contributed by atoms with Gasteiger partial charge in [-0.15, -0.1) is 0 Å². The Labute approximate surface area is 148 Å². The van der Waals surface area contributed by atoms with Crippen molar-refractivity contribution in [1.29, 1.82) is 5.26 Å². The molecule has 1 saturated carbocycles. The first kappa shape index (κ1) is 15.2. The zero-order chi connectivity index (χ0) is 17.9. The van der Waals surface area contributed by atoms with Crippen molar-refractivity contribution in [2.75, 3.05) is 13.1 Å². The molecule has 4 heterocycles. The summed E-state index contributed by atoms with van der Waals surface area (Å²) in [7, 11) is 0. The van der Waals surface area contributed by atoms with E-state index in [0.717, 1.165) is 29.4 Å². The normalized spacial score (nSPS) is 21.8. The van der Waals surface area contributed by atoms with Crippen LogP contribution in [-0.2, 0) is 4.79 Å². The molecular formula is C18H18N6O2. The molecule has 1 unspecified atom stereocenters. The largest absolute Gasteiger partial charge is 0.346 e. The molecule has 26 heavy (non-hydrogen) atoms. The van der Waals surface area contributed by atoms with E-state index in [0.29, 0.717) is 31.3 Å². The van der Waals surface area contributed by atoms with Crippen LogP contribution in [0.4, 0.5) is 0 Å². The Morgan fingerprint density at radius 1 is 1.38 bits per heavy atom. The number of piperidine rings is 1. The highest BCUT2D eigenvalue weighted by atomic mass is 16.2. The molecule has 0 aromatic carbocycles. The van der Waals surface area contributed by atoms with Crippen molar-refractivity contribution in [1.82, 2.24) is 24.6 Å². The van der Waals surface area contributed by atoms with Crippen molar-refractivity contribution < 1.29 is 4.79 Å². The van der Waals surface area contributed by atoms with Crippen LogP contribution < -0.4 is 5.56 Å². The zero-order valence-corrected chi connectivity index (χ0v) is 14.2. The van der Waals surface area contributed by atoms with Crippen LogP contribution in [0.15, 0.2) is 23.3 Å². The molecule has 2 aliphatic rings. The van der Waals surface area contributed by atoms with Gasteiger partial charge in [-0.2, -0.15) is 5.26 Å². The molecule has 1 amide bonds. The van der Waals surface area contributed by atoms with Gasteiger partial charge in [0.15, 0.2) is 0 Å². The monoisotopic (exact) mass is 350 g/mol. The number of hydrogen-bond acceptors (Lipinski definition) is 4. The Kier molecular flexibility index (Phi) is 3.04. The van der Waals surface area contributed by atoms with E-state index in [4.69, 9.17) is 0 Å². The number of nitriles is 1. The van der Waals surface area contributed by atoms with Gasteiger partial charge in [-0.3, -0.25) is 19.4 Å². The lowest BCUT2D eigenvalue weighted by Crippen LogP contribution is -2.44. The minimum atomic E-state index is -0.800. The Hall–Kier alpha value is -3.08. The van der Waals surface area contributed by atoms with E-state index in [1.807, 2.05) is 10.7 Å². The predicted molar refractivity (Wildman–Crippen MR) is 94.3 cm³/mol. The standard InChI is InChI=1S/C18H18N6O2/c19-10-18(4-5-18)17(26)23-7-1-2-11(9-23)24-14-12-3-6-20-15(12)21-8-13(14)16(25)22-24/h3,6,8,11H,1-2,4-5,7,9H2,(H,20,21)(H,22,25). The van der Waals surface area contributed by atoms with E-state index in [9.17, 15) is 14.9 Å². The molecule has 5 rings (SSSR count). The molecule has 1 atom stereocenters. The molecule has 3 aromatic heterocycles. The topological polar surface area (TPSA) is 111 Å². The summed E-state index contributed by atoms with van der Waals surface area (Å²) in [5.41, 5.74) is 0.582. The number of fused-ring (bicyclic) bond motifs is 3. The highest BCUT2D eigenvalue weighted by Crippen LogP contribution is 2.47. The van der Waals surface area contributed by atoms with Gasteiger partial charge in [0.25, 0.3) is 5.56 Å². The number of aromatic nitrogens is 4. The summed E-state index contributed by atoms with van der Waals surface area (Å²) in [6.07, 6.45) is 6.42. The van der Waals surface area contributed by atoms with Crippen molar-refractivity contribution in [3.63, 3.8) is 0 Å². The fraction of sp³-hybridized carbons (Fsp3) is 0.444. The maximum Gasteiger partial charge on any atom is 0.273 e. The summed E-state index contributed by atoms with van der Waals surface area (Å²) in [4.78, 5) is 34.3. The molecule has 8 nitrogen and oxygen atoms in total. The quantitative estimate of drug-likeness (QED) is 0.732. The van der Waals surface area contributed by atoms with Gasteiger partial charge in [-0.1, -0.05) is 0 Å². The van der Waals surface area contributed by atoms with E-state index in [-0.39, 0.29) is 17.5 Å². The number of amides is 1. The molecule has 132 valence electrons. The van der Waals surface area contributed by atoms with Gasteiger partial charge in [0.1, 0.15) is 11.1 Å². The van der Waals surface area contributed by atoms with Crippen LogP contribution in [0, 0.1) is 16.7 Å². The van der Waals surface area contributed by atoms with Gasteiger partial charge >= 0.3 is 0 Å². The molecule has 0 bridgehead atoms. The number of H-pyrrole nitrogens is 2. The third-order valence-electron chi connectivity index (χ3n) is 5.69. The van der Waals surface area contributed by atoms with Gasteiger partial charge in [0, 0.05) is 30.9 Å². The smallest absolute Gasteiger partial charge is 0.273 e. The molecule has 1 aliphatic heterocycles. The molecular weight excluding hydrogens is 332 g/mol. The number of carbonyl (C=O) groups is 1. The summed E-state index contributed by atoms with van der Waals surface area (Å²) in [5, 5.41) is 13.7. The van der Waals surface area contributed by atoms with Gasteiger partial charge in [-0.05, 0) is 31.7 Å². The summed E-state index contributed by atoms with van der Waals surface area (Å²) in [6.45, 7) is 1.18. The molecule has 8 heteroatoms. The van der Waals surface area contributed by atoms with Gasteiger partial charge < -0.3 is 9.88 Å². The second kappa shape index (κ2) is 5.21. The van der Waals surface area contributed by atoms with E-state index in [1.54, 1.807) is 17.3 Å². The highest BCUT2D eigenvalue weighted by Gasteiger charge is 2.53. The van der Waals surface area contributed by atoms with E-state index < -0.39 is 5.41 Å². The third-order valence-corrected chi connectivity index (χ3v) is 5.69. The van der Waals surface area contributed by atoms with Crippen LogP contribution in [-0.4, -0.2) is 43.6 Å². The van der Waals surface area contributed by atoms with Crippen LogP contribution >= 0.6 is 0 Å². The number of likely N-dealkylation sites (tertiary alicyclic amines) is 1. The van der Waals surface area contributed by atoms with E-state index >= 15 is 0 Å². The average molecular weight is 350 g/mol. The number of nitrogens with one attached hydrogen (secondary N) is 2. The lowest BCUT2D eigenvalue weighted by atomic mass is 10.0. The molecule has 2 N–H and O–H groups in total. The Morgan fingerprint density at radius 2 is 2.23 bits per heavy atom. The van der Waals surface area contributed by atoms with Crippen molar-refractivity contribution in [3.05, 3.63) is 28.8 Å². The Morgan fingerprint density at radius 3 is 3.00 bits per heavy atom. The third kappa shape index (κ3) is 2.03. The second-order valence-electron chi connectivity index (χ2n) is 7.31. The summed E-state index contributed by atoms with van der Waals surface area (Å²) in [5.74, 6) is -0.0584. The summed E-state index contributed by atoms with van der Waals surface area (Å²) in [6, 6.07) is 4.08. The second-order valence-corrected chi connectivity index (χ2v) is 7.31. The van der Waals surface area contributed by atoms with Crippen LogP contribution in [0.2, 0.25) is 0 Å². The summed E-state index contributed by atoms with van der Waals surface area (Å²) < 4.78 is 1.89. The maximum absolute atomic E-state index is 12.7. The minimum Gasteiger partial charge on any atom is -0.346 e. The predicted octanol–water partition coefficient (Wildman–Crippen LogP) is 1.67. The Bertz CT molecular complexity index is 1130. The number of nitrogens with zero attached hydrogens (tertiary/aromatic N) is 4. The average Bonchev–Trinajstić information content (AvgIpc) is 3.19. The van der Waals surface area contributed by atoms with Gasteiger partial charge in [0.2, 0.25) is 5.91 Å². The number of carbonyl (C=O) groups excluding carboxylic acids is 1. The van der Waals surface area contributed by atoms with Crippen LogP contribution in [0.3, 0.4) is 0 Å². The molecule has 0 spiro atoms. The van der Waals surface area contributed by atoms with Crippen LogP contribution in [0.5, 0.6) is 0 Å². The van der Waals surface area contributed by atoms with Gasteiger partial charge in [-0.25, -0.2) is 4.98 Å². The zero-order valence-electron chi connectivity index (χ0n) is 14.2. The lowest BCUT2D eigenvalue weighted by Gasteiger charge is -2.34. The van der Waals surface area contributed by atoms with E-state index in [2.05, 4.69) is 21.1 Å².